The Hall–Kier alpha value is -1.46. The van der Waals surface area contributed by atoms with Crippen LogP contribution in [0.15, 0.2) is 35.4 Å². The van der Waals surface area contributed by atoms with E-state index in [9.17, 15) is 8.42 Å². The van der Waals surface area contributed by atoms with Crippen LogP contribution in [0.2, 0.25) is 0 Å². The fourth-order valence-corrected chi connectivity index (χ4v) is 3.80. The van der Waals surface area contributed by atoms with Crippen LogP contribution in [-0.4, -0.2) is 30.8 Å². The fourth-order valence-electron chi connectivity index (χ4n) is 2.12. The second-order valence-corrected chi connectivity index (χ2v) is 6.50. The summed E-state index contributed by atoms with van der Waals surface area (Å²) >= 11 is 0. The highest BCUT2D eigenvalue weighted by atomic mass is 32.2. The monoisotopic (exact) mass is 262 g/mol. The Morgan fingerprint density at radius 3 is 2.72 bits per heavy atom. The summed E-state index contributed by atoms with van der Waals surface area (Å²) in [7, 11) is -3.37. The van der Waals surface area contributed by atoms with Gasteiger partial charge in [0.1, 0.15) is 4.90 Å². The molecule has 0 radical (unpaired) electrons. The largest absolute Gasteiger partial charge is 0.255 e. The number of sulfonamides is 1. The number of nitrogens with zero attached hydrogens (tertiary/aromatic N) is 2. The molecule has 0 amide bonds. The number of aromatic nitrogens is 1. The summed E-state index contributed by atoms with van der Waals surface area (Å²) in [6, 6.07) is 7.26. The van der Waals surface area contributed by atoms with Crippen molar-refractivity contribution in [1.82, 2.24) is 9.29 Å². The van der Waals surface area contributed by atoms with Crippen LogP contribution in [0.3, 0.4) is 0 Å². The van der Waals surface area contributed by atoms with Gasteiger partial charge in [0, 0.05) is 24.7 Å². The van der Waals surface area contributed by atoms with Crippen LogP contribution >= 0.6 is 0 Å². The van der Waals surface area contributed by atoms with Gasteiger partial charge in [-0.05, 0) is 31.0 Å². The molecule has 5 heteroatoms. The first-order valence-corrected chi connectivity index (χ1v) is 7.38. The third-order valence-electron chi connectivity index (χ3n) is 3.24. The molecule has 0 N–H and O–H groups in total. The molecule has 1 saturated heterocycles. The molecule has 2 heterocycles. The van der Waals surface area contributed by atoms with Crippen molar-refractivity contribution >= 4 is 20.9 Å². The molecule has 18 heavy (non-hydrogen) atoms. The second kappa shape index (κ2) is 4.03. The Bertz CT molecular complexity index is 706. The highest BCUT2D eigenvalue weighted by Crippen LogP contribution is 2.27. The van der Waals surface area contributed by atoms with Gasteiger partial charge >= 0.3 is 0 Å². The number of benzene rings is 1. The summed E-state index contributed by atoms with van der Waals surface area (Å²) in [4.78, 5) is 4.60. The predicted molar refractivity (Wildman–Crippen MR) is 69.9 cm³/mol. The highest BCUT2D eigenvalue weighted by Gasteiger charge is 2.30. The van der Waals surface area contributed by atoms with Crippen molar-refractivity contribution < 1.29 is 8.42 Å². The average molecular weight is 262 g/mol. The number of hydrogen-bond donors (Lipinski definition) is 0. The molecule has 0 aliphatic carbocycles. The van der Waals surface area contributed by atoms with Crippen molar-refractivity contribution in [2.45, 2.75) is 18.2 Å². The molecule has 1 aliphatic rings. The third kappa shape index (κ3) is 1.71. The fraction of sp³-hybridized carbons (Fsp3) is 0.308. The molecule has 1 aromatic carbocycles. The lowest BCUT2D eigenvalue weighted by atomic mass is 10.2. The number of fused-ring (bicyclic) bond motifs is 1. The van der Waals surface area contributed by atoms with Crippen LogP contribution in [0.25, 0.3) is 10.9 Å². The molecule has 1 aliphatic heterocycles. The van der Waals surface area contributed by atoms with Crippen molar-refractivity contribution in [2.24, 2.45) is 0 Å². The van der Waals surface area contributed by atoms with Crippen molar-refractivity contribution in [1.29, 1.82) is 0 Å². The molecule has 1 aromatic heterocycles. The molecular weight excluding hydrogens is 248 g/mol. The van der Waals surface area contributed by atoms with Crippen LogP contribution < -0.4 is 0 Å². The lowest BCUT2D eigenvalue weighted by molar-refractivity contribution is 0.309. The standard InChI is InChI=1S/C13H14N2O2S/c1-10-8-11-4-2-5-12(13(11)14-9-10)18(16,17)15-6-3-7-15/h2,4-5,8-9H,3,6-7H2,1H3. The van der Waals surface area contributed by atoms with E-state index in [-0.39, 0.29) is 0 Å². The molecular formula is C13H14N2O2S. The Labute approximate surface area is 106 Å². The Kier molecular flexibility index (Phi) is 2.60. The normalized spacial score (nSPS) is 16.7. The molecule has 0 atom stereocenters. The van der Waals surface area contributed by atoms with E-state index in [2.05, 4.69) is 4.98 Å². The van der Waals surface area contributed by atoms with Gasteiger partial charge in [0.05, 0.1) is 5.52 Å². The first-order chi connectivity index (χ1) is 8.59. The maximum Gasteiger partial charge on any atom is 0.245 e. The number of rotatable bonds is 2. The summed E-state index contributed by atoms with van der Waals surface area (Å²) in [5.41, 5.74) is 1.59. The molecule has 4 nitrogen and oxygen atoms in total. The first kappa shape index (κ1) is 11.6. The lowest BCUT2D eigenvalue weighted by Crippen LogP contribution is -2.42. The molecule has 0 bridgehead atoms. The maximum atomic E-state index is 12.4. The predicted octanol–water partition coefficient (Wildman–Crippen LogP) is 1.94. The molecule has 94 valence electrons. The molecule has 0 spiro atoms. The van der Waals surface area contributed by atoms with Crippen molar-refractivity contribution in [3.63, 3.8) is 0 Å². The Morgan fingerprint density at radius 2 is 2.06 bits per heavy atom. The highest BCUT2D eigenvalue weighted by molar-refractivity contribution is 7.89. The van der Waals surface area contributed by atoms with Crippen LogP contribution in [0.1, 0.15) is 12.0 Å². The summed E-state index contributed by atoms with van der Waals surface area (Å²) < 4.78 is 26.3. The minimum atomic E-state index is -3.37. The maximum absolute atomic E-state index is 12.4. The zero-order chi connectivity index (χ0) is 12.8. The molecule has 2 aromatic rings. The van der Waals surface area contributed by atoms with Crippen molar-refractivity contribution in [3.05, 3.63) is 36.0 Å². The van der Waals surface area contributed by atoms with E-state index in [4.69, 9.17) is 0 Å². The number of pyridine rings is 1. The smallest absolute Gasteiger partial charge is 0.245 e. The molecule has 0 saturated carbocycles. The third-order valence-corrected chi connectivity index (χ3v) is 5.17. The van der Waals surface area contributed by atoms with Crippen LogP contribution in [0.5, 0.6) is 0 Å². The van der Waals surface area contributed by atoms with Gasteiger partial charge in [-0.15, -0.1) is 0 Å². The van der Waals surface area contributed by atoms with Crippen LogP contribution in [0, 0.1) is 6.92 Å². The first-order valence-electron chi connectivity index (χ1n) is 5.94. The van der Waals surface area contributed by atoms with Crippen molar-refractivity contribution in [3.8, 4) is 0 Å². The topological polar surface area (TPSA) is 50.3 Å². The van der Waals surface area contributed by atoms with E-state index in [1.54, 1.807) is 18.3 Å². The van der Waals surface area contributed by atoms with Crippen molar-refractivity contribution in [2.75, 3.05) is 13.1 Å². The minimum Gasteiger partial charge on any atom is -0.255 e. The summed E-state index contributed by atoms with van der Waals surface area (Å²) in [5, 5.41) is 0.872. The average Bonchev–Trinajstić information content (AvgIpc) is 2.24. The quantitative estimate of drug-likeness (QED) is 0.831. The van der Waals surface area contributed by atoms with Gasteiger partial charge < -0.3 is 0 Å². The summed E-state index contributed by atoms with van der Waals surface area (Å²) in [6.45, 7) is 3.18. The van der Waals surface area contributed by atoms with E-state index >= 15 is 0 Å². The van der Waals surface area contributed by atoms with E-state index < -0.39 is 10.0 Å². The van der Waals surface area contributed by atoms with Gasteiger partial charge in [-0.3, -0.25) is 4.98 Å². The number of aryl methyl sites for hydroxylation is 1. The second-order valence-electron chi connectivity index (χ2n) is 4.60. The van der Waals surface area contributed by atoms with Gasteiger partial charge in [-0.25, -0.2) is 8.42 Å². The summed E-state index contributed by atoms with van der Waals surface area (Å²) in [6.07, 6.45) is 2.65. The summed E-state index contributed by atoms with van der Waals surface area (Å²) in [5.74, 6) is 0. The molecule has 1 fully saturated rings. The van der Waals surface area contributed by atoms with E-state index in [0.29, 0.717) is 23.5 Å². The van der Waals surface area contributed by atoms with E-state index in [0.717, 1.165) is 17.4 Å². The number of para-hydroxylation sites is 1. The molecule has 0 unspecified atom stereocenters. The zero-order valence-electron chi connectivity index (χ0n) is 10.1. The Morgan fingerprint density at radius 1 is 1.28 bits per heavy atom. The van der Waals surface area contributed by atoms with Gasteiger partial charge in [-0.1, -0.05) is 12.1 Å². The van der Waals surface area contributed by atoms with Gasteiger partial charge in [-0.2, -0.15) is 4.31 Å². The zero-order valence-corrected chi connectivity index (χ0v) is 10.9. The van der Waals surface area contributed by atoms with E-state index in [1.807, 2.05) is 19.1 Å². The van der Waals surface area contributed by atoms with Gasteiger partial charge in [0.15, 0.2) is 0 Å². The SMILES string of the molecule is Cc1cnc2c(S(=O)(=O)N3CCC3)cccc2c1. The van der Waals surface area contributed by atoms with Crippen LogP contribution in [0.4, 0.5) is 0 Å². The molecule has 3 rings (SSSR count). The van der Waals surface area contributed by atoms with E-state index in [1.165, 1.54) is 4.31 Å². The van der Waals surface area contributed by atoms with Gasteiger partial charge in [0.25, 0.3) is 0 Å². The lowest BCUT2D eigenvalue weighted by Gasteiger charge is -2.29. The van der Waals surface area contributed by atoms with Crippen LogP contribution in [-0.2, 0) is 10.0 Å². The van der Waals surface area contributed by atoms with Gasteiger partial charge in [0.2, 0.25) is 10.0 Å². The minimum absolute atomic E-state index is 0.319. The number of hydrogen-bond acceptors (Lipinski definition) is 3. The Balaban J connectivity index is 2.23.